The van der Waals surface area contributed by atoms with Crippen LogP contribution in [0.4, 0.5) is 0 Å². The highest BCUT2D eigenvalue weighted by molar-refractivity contribution is 9.10. The van der Waals surface area contributed by atoms with Crippen LogP contribution < -0.4 is 0 Å². The van der Waals surface area contributed by atoms with Crippen molar-refractivity contribution >= 4 is 48.0 Å². The average Bonchev–Trinajstić information content (AvgIpc) is 3.55. The second kappa shape index (κ2) is 15.3. The molecule has 0 saturated heterocycles. The molecule has 2 heterocycles. The van der Waals surface area contributed by atoms with Crippen LogP contribution in [-0.4, -0.2) is 58.9 Å². The highest BCUT2D eigenvalue weighted by atomic mass is 79.9. The number of hydrogen-bond donors (Lipinski definition) is 0. The summed E-state index contributed by atoms with van der Waals surface area (Å²) >= 11 is 6.85. The summed E-state index contributed by atoms with van der Waals surface area (Å²) < 4.78 is 17.0. The molecule has 12 heteroatoms. The van der Waals surface area contributed by atoms with Gasteiger partial charge in [-0.2, -0.15) is 5.10 Å². The number of ether oxygens (including phenoxy) is 2. The quantitative estimate of drug-likeness (QED) is 0.110. The van der Waals surface area contributed by atoms with E-state index in [-0.39, 0.29) is 0 Å². The van der Waals surface area contributed by atoms with Gasteiger partial charge < -0.3 is 9.47 Å². The Morgan fingerprint density at radius 3 is 1.77 bits per heavy atom. The van der Waals surface area contributed by atoms with Gasteiger partial charge in [-0.25, -0.2) is 19.3 Å². The van der Waals surface area contributed by atoms with Crippen molar-refractivity contribution in [3.63, 3.8) is 0 Å². The number of nitrogens with zero attached hydrogens (tertiary/aromatic N) is 6. The van der Waals surface area contributed by atoms with Crippen LogP contribution in [0.25, 0.3) is 22.8 Å². The van der Waals surface area contributed by atoms with Crippen LogP contribution in [0.1, 0.15) is 0 Å². The predicted octanol–water partition coefficient (Wildman–Crippen LogP) is 8.04. The first-order valence-corrected chi connectivity index (χ1v) is 22.3. The van der Waals surface area contributed by atoms with Crippen molar-refractivity contribution in [3.8, 4) is 22.8 Å². The normalized spacial score (nSPS) is 11.8. The molecule has 216 valence electrons. The van der Waals surface area contributed by atoms with E-state index in [1.165, 1.54) is 6.04 Å². The third-order valence-electron chi connectivity index (χ3n) is 5.79. The summed E-state index contributed by atoms with van der Waals surface area (Å²) in [5, 5.41) is 8.65. The van der Waals surface area contributed by atoms with Crippen LogP contribution in [0, 0.1) is 0 Å². The molecule has 2 aromatic heterocycles. The maximum absolute atomic E-state index is 5.73. The molecule has 0 amide bonds. The molecule has 2 aromatic carbocycles. The Morgan fingerprint density at radius 2 is 1.23 bits per heavy atom. The summed E-state index contributed by atoms with van der Waals surface area (Å²) in [5.74, 6) is 1.57. The lowest BCUT2D eigenvalue weighted by Crippen LogP contribution is -2.22. The monoisotopic (exact) mass is 706 g/mol. The van der Waals surface area contributed by atoms with Crippen molar-refractivity contribution in [1.29, 1.82) is 0 Å². The maximum atomic E-state index is 5.73. The summed E-state index contributed by atoms with van der Waals surface area (Å²) in [7, 11) is -2.06. The van der Waals surface area contributed by atoms with E-state index in [0.29, 0.717) is 13.5 Å². The third kappa shape index (κ3) is 11.9. The van der Waals surface area contributed by atoms with Crippen LogP contribution in [0.15, 0.2) is 70.1 Å². The Morgan fingerprint density at radius 1 is 0.700 bits per heavy atom. The van der Waals surface area contributed by atoms with Crippen molar-refractivity contribution < 1.29 is 9.47 Å². The van der Waals surface area contributed by atoms with Gasteiger partial charge in [-0.05, 0) is 36.4 Å². The van der Waals surface area contributed by atoms with Crippen LogP contribution in [-0.2, 0) is 22.9 Å². The van der Waals surface area contributed by atoms with Gasteiger partial charge in [0.15, 0.2) is 11.6 Å². The summed E-state index contributed by atoms with van der Waals surface area (Å²) in [6.07, 6.45) is 3.28. The van der Waals surface area contributed by atoms with Gasteiger partial charge >= 0.3 is 0 Å². The Bertz CT molecular complexity index is 1300. The van der Waals surface area contributed by atoms with E-state index in [1.807, 2.05) is 48.5 Å². The maximum Gasteiger partial charge on any atom is 0.181 e. The molecule has 0 fully saturated rings. The smallest absolute Gasteiger partial charge is 0.181 e. The zero-order valence-electron chi connectivity index (χ0n) is 24.3. The molecule has 0 saturated carbocycles. The second-order valence-electron chi connectivity index (χ2n) is 11.9. The predicted molar refractivity (Wildman–Crippen MR) is 175 cm³/mol. The molecule has 0 N–H and O–H groups in total. The minimum Gasteiger partial charge on any atom is -0.359 e. The lowest BCUT2D eigenvalue weighted by atomic mass is 10.2. The summed E-state index contributed by atoms with van der Waals surface area (Å²) in [6.45, 7) is 16.6. The molecule has 4 rings (SSSR count). The van der Waals surface area contributed by atoms with E-state index >= 15 is 0 Å². The Kier molecular flexibility index (Phi) is 12.5. The molecule has 0 spiro atoms. The Hall–Kier alpha value is -1.97. The zero-order chi connectivity index (χ0) is 29.2. The van der Waals surface area contributed by atoms with Gasteiger partial charge in [0.05, 0.1) is 0 Å². The van der Waals surface area contributed by atoms with E-state index in [9.17, 15) is 0 Å². The topological polar surface area (TPSA) is 79.9 Å². The van der Waals surface area contributed by atoms with Crippen molar-refractivity contribution in [3.05, 3.63) is 70.1 Å². The molecule has 0 unspecified atom stereocenters. The van der Waals surface area contributed by atoms with Gasteiger partial charge in [0.25, 0.3) is 0 Å². The molecule has 8 nitrogen and oxygen atoms in total. The number of rotatable bonds is 12. The van der Waals surface area contributed by atoms with E-state index in [2.05, 4.69) is 91.3 Å². The highest BCUT2D eigenvalue weighted by Crippen LogP contribution is 2.20. The molecule has 0 bridgehead atoms. The molecular formula is C28H40Br2N6O2Si2. The first-order chi connectivity index (χ1) is 18.9. The van der Waals surface area contributed by atoms with Crippen LogP contribution in [0.2, 0.25) is 51.4 Å². The fourth-order valence-corrected chi connectivity index (χ4v) is 5.38. The lowest BCUT2D eigenvalue weighted by Gasteiger charge is -2.15. The van der Waals surface area contributed by atoms with Crippen LogP contribution in [0.5, 0.6) is 0 Å². The minimum absolute atomic E-state index is 0.454. The fraction of sp³-hybridized carbons (Fsp3) is 0.429. The first kappa shape index (κ1) is 32.5. The van der Waals surface area contributed by atoms with Gasteiger partial charge in [0.2, 0.25) is 0 Å². The summed E-state index contributed by atoms with van der Waals surface area (Å²) in [6, 6.07) is 18.3. The number of benzene rings is 2. The molecule has 0 aliphatic rings. The van der Waals surface area contributed by atoms with E-state index in [0.717, 1.165) is 51.0 Å². The highest BCUT2D eigenvalue weighted by Gasteiger charge is 2.14. The van der Waals surface area contributed by atoms with Crippen molar-refractivity contribution in [1.82, 2.24) is 29.5 Å². The number of hydrogen-bond acceptors (Lipinski definition) is 6. The zero-order valence-corrected chi connectivity index (χ0v) is 29.4. The van der Waals surface area contributed by atoms with Crippen molar-refractivity contribution in [2.75, 3.05) is 13.2 Å². The summed E-state index contributed by atoms with van der Waals surface area (Å²) in [5.41, 5.74) is 2.05. The average molecular weight is 709 g/mol. The molecule has 0 aliphatic heterocycles. The molecule has 0 atom stereocenters. The lowest BCUT2D eigenvalue weighted by molar-refractivity contribution is 0.0785. The molecule has 4 aromatic rings. The summed E-state index contributed by atoms with van der Waals surface area (Å²) in [4.78, 5) is 8.62. The van der Waals surface area contributed by atoms with Gasteiger partial charge in [0.1, 0.15) is 26.1 Å². The van der Waals surface area contributed by atoms with Gasteiger partial charge in [-0.1, -0.05) is 95.4 Å². The Labute approximate surface area is 256 Å². The fourth-order valence-electron chi connectivity index (χ4n) is 3.34. The number of halogens is 2. The largest absolute Gasteiger partial charge is 0.359 e. The minimum atomic E-state index is -1.04. The van der Waals surface area contributed by atoms with Crippen molar-refractivity contribution in [2.24, 2.45) is 0 Å². The van der Waals surface area contributed by atoms with E-state index < -0.39 is 16.1 Å². The van der Waals surface area contributed by atoms with Gasteiger partial charge in [0, 0.05) is 49.4 Å². The molecule has 40 heavy (non-hydrogen) atoms. The third-order valence-corrected chi connectivity index (χ3v) is 10.3. The molecule has 0 radical (unpaired) electrons. The molecule has 0 aliphatic carbocycles. The van der Waals surface area contributed by atoms with Crippen LogP contribution >= 0.6 is 31.9 Å². The first-order valence-electron chi connectivity index (χ1n) is 13.3. The van der Waals surface area contributed by atoms with Crippen molar-refractivity contribution in [2.45, 2.75) is 64.8 Å². The van der Waals surface area contributed by atoms with E-state index in [4.69, 9.17) is 9.47 Å². The Balaban J connectivity index is 0.000000220. The van der Waals surface area contributed by atoms with Gasteiger partial charge in [-0.3, -0.25) is 0 Å². The molecular weight excluding hydrogens is 668 g/mol. The standard InChI is InChI=1S/2C14H20BrN3OSi/c1-20(2,3)9-8-19-11-18-10-16-14(17-18)12-4-6-13(15)7-5-12;1-20(2,3)9-8-19-11-18-14(16-10-17-18)12-4-6-13(15)7-5-12/h2*4-7,10H,8-9,11H2,1-3H3. The second-order valence-corrected chi connectivity index (χ2v) is 25.0. The number of aromatic nitrogens is 6. The van der Waals surface area contributed by atoms with Crippen LogP contribution in [0.3, 0.4) is 0 Å². The van der Waals surface area contributed by atoms with Gasteiger partial charge in [-0.15, -0.1) is 5.10 Å². The van der Waals surface area contributed by atoms with E-state index in [1.54, 1.807) is 22.0 Å². The SMILES string of the molecule is C[Si](C)(C)CCOCn1cnc(-c2ccc(Br)cc2)n1.C[Si](C)(C)CCOCn1ncnc1-c1ccc(Br)cc1.